The third kappa shape index (κ3) is 43.5. The minimum absolute atomic E-state index is 0.00879. The van der Waals surface area contributed by atoms with E-state index in [1.54, 1.807) is 20.8 Å². The van der Waals surface area contributed by atoms with E-state index in [1.807, 2.05) is 0 Å². The number of esters is 2. The average Bonchev–Trinajstić information content (AvgIpc) is 3.34. The predicted octanol–water partition coefficient (Wildman–Crippen LogP) is 12.9. The van der Waals surface area contributed by atoms with Crippen molar-refractivity contribution in [2.24, 2.45) is 11.8 Å². The molecule has 422 valence electrons. The maximum atomic E-state index is 12.9. The standard InChI is InChI=1S/C56H106N3O12P/c1-7-9-11-13-15-17-19-21-23-25-27-29-31-33-35-40-53(63)68-45-49(71-54(64)41-36-34-32-30-28-26-24-22-20-18-16-14-12-10-8-2)46-70-72(66,67)69-43-42-58-51(61)38-37-39-52(62)59-55(47(3)4)50(60)44-48(5)56(65)57-6/h47-49,55H,7-46H2,1-6H3,(H,57,65)(H,58,61)(H,59,62)(H,66,67)/t48-,49-,55+/m1/s1. The molecule has 4 atom stereocenters. The summed E-state index contributed by atoms with van der Waals surface area (Å²) in [6, 6.07) is -0.762. The molecule has 0 bridgehead atoms. The van der Waals surface area contributed by atoms with Gasteiger partial charge in [0.05, 0.1) is 19.3 Å². The van der Waals surface area contributed by atoms with Crippen molar-refractivity contribution in [1.29, 1.82) is 0 Å². The SMILES string of the molecule is CCCCCCCCCCCCCCCCCC(=O)OC[C@H](COP(=O)(O)OCCNC(=O)CCCC(=O)N[C@H](C(=O)C[C@@H](C)C(=O)NC)C(C)C)OC(=O)CCCCCCCCCCCCCCCCC. The molecule has 0 aliphatic rings. The van der Waals surface area contributed by atoms with Crippen molar-refractivity contribution < 1.29 is 56.7 Å². The molecule has 0 radical (unpaired) electrons. The number of rotatable bonds is 52. The molecule has 1 unspecified atom stereocenters. The first-order valence-electron chi connectivity index (χ1n) is 28.9. The summed E-state index contributed by atoms with van der Waals surface area (Å²) >= 11 is 0. The van der Waals surface area contributed by atoms with Gasteiger partial charge in [-0.25, -0.2) is 4.57 Å². The van der Waals surface area contributed by atoms with Gasteiger partial charge in [0.15, 0.2) is 11.9 Å². The van der Waals surface area contributed by atoms with Gasteiger partial charge in [-0.3, -0.25) is 37.8 Å². The summed E-state index contributed by atoms with van der Waals surface area (Å²) in [6.07, 6.45) is 35.7. The number of hydrogen-bond donors (Lipinski definition) is 4. The highest BCUT2D eigenvalue weighted by Gasteiger charge is 2.28. The zero-order valence-electron chi connectivity index (χ0n) is 46.5. The number of ether oxygens (including phenoxy) is 2. The van der Waals surface area contributed by atoms with Crippen LogP contribution < -0.4 is 16.0 Å². The minimum Gasteiger partial charge on any atom is -0.462 e. The van der Waals surface area contributed by atoms with E-state index >= 15 is 0 Å². The molecule has 0 aromatic heterocycles. The summed E-state index contributed by atoms with van der Waals surface area (Å²) in [5.74, 6) is -2.99. The van der Waals surface area contributed by atoms with Crippen LogP contribution in [0, 0.1) is 11.8 Å². The third-order valence-corrected chi connectivity index (χ3v) is 14.1. The maximum Gasteiger partial charge on any atom is 0.472 e. The van der Waals surface area contributed by atoms with Gasteiger partial charge in [0.1, 0.15) is 6.61 Å². The molecule has 0 spiro atoms. The van der Waals surface area contributed by atoms with Gasteiger partial charge in [0.2, 0.25) is 17.7 Å². The Labute approximate surface area is 437 Å². The van der Waals surface area contributed by atoms with Crippen LogP contribution in [0.2, 0.25) is 0 Å². The lowest BCUT2D eigenvalue weighted by molar-refractivity contribution is -0.161. The van der Waals surface area contributed by atoms with E-state index in [4.69, 9.17) is 18.5 Å². The smallest absolute Gasteiger partial charge is 0.462 e. The zero-order valence-corrected chi connectivity index (χ0v) is 47.4. The largest absolute Gasteiger partial charge is 0.472 e. The molecular weight excluding hydrogens is 938 g/mol. The van der Waals surface area contributed by atoms with Crippen LogP contribution in [0.3, 0.4) is 0 Å². The second-order valence-electron chi connectivity index (χ2n) is 20.5. The van der Waals surface area contributed by atoms with Crippen molar-refractivity contribution in [1.82, 2.24) is 16.0 Å². The van der Waals surface area contributed by atoms with Gasteiger partial charge in [0, 0.05) is 51.6 Å². The normalized spacial score (nSPS) is 13.5. The van der Waals surface area contributed by atoms with Gasteiger partial charge in [-0.15, -0.1) is 0 Å². The Balaban J connectivity index is 4.76. The van der Waals surface area contributed by atoms with Gasteiger partial charge in [-0.2, -0.15) is 0 Å². The molecule has 0 saturated carbocycles. The van der Waals surface area contributed by atoms with E-state index in [2.05, 4.69) is 29.8 Å². The Hall–Kier alpha value is -2.87. The monoisotopic (exact) mass is 1040 g/mol. The number of Topliss-reactive ketones (excluding diaryl/α,β-unsaturated/α-hetero) is 1. The van der Waals surface area contributed by atoms with Crippen LogP contribution in [0.5, 0.6) is 0 Å². The molecular formula is C56H106N3O12P. The Morgan fingerprint density at radius 1 is 0.514 bits per heavy atom. The predicted molar refractivity (Wildman–Crippen MR) is 288 cm³/mol. The van der Waals surface area contributed by atoms with Gasteiger partial charge in [-0.1, -0.05) is 214 Å². The van der Waals surface area contributed by atoms with Crippen LogP contribution >= 0.6 is 7.82 Å². The lowest BCUT2D eigenvalue weighted by atomic mass is 9.92. The van der Waals surface area contributed by atoms with E-state index in [0.29, 0.717) is 12.8 Å². The van der Waals surface area contributed by atoms with Crippen molar-refractivity contribution in [3.8, 4) is 0 Å². The summed E-state index contributed by atoms with van der Waals surface area (Å²) in [4.78, 5) is 85.6. The summed E-state index contributed by atoms with van der Waals surface area (Å²) in [6.45, 7) is 8.37. The minimum atomic E-state index is -4.66. The third-order valence-electron chi connectivity index (χ3n) is 13.1. The molecule has 0 rings (SSSR count). The van der Waals surface area contributed by atoms with Gasteiger partial charge in [0.25, 0.3) is 0 Å². The van der Waals surface area contributed by atoms with Crippen LogP contribution in [0.4, 0.5) is 0 Å². The van der Waals surface area contributed by atoms with Crippen molar-refractivity contribution in [2.75, 3.05) is 33.4 Å². The van der Waals surface area contributed by atoms with Crippen molar-refractivity contribution >= 4 is 43.3 Å². The summed E-state index contributed by atoms with van der Waals surface area (Å²) in [5.41, 5.74) is 0. The summed E-state index contributed by atoms with van der Waals surface area (Å²) in [7, 11) is -3.17. The van der Waals surface area contributed by atoms with E-state index < -0.39 is 56.2 Å². The van der Waals surface area contributed by atoms with Gasteiger partial charge >= 0.3 is 19.8 Å². The Bertz CT molecular complexity index is 1450. The highest BCUT2D eigenvalue weighted by atomic mass is 31.2. The van der Waals surface area contributed by atoms with Crippen LogP contribution in [0.25, 0.3) is 0 Å². The highest BCUT2D eigenvalue weighted by molar-refractivity contribution is 7.47. The first kappa shape index (κ1) is 69.1. The van der Waals surface area contributed by atoms with E-state index in [-0.39, 0.29) is 75.9 Å². The summed E-state index contributed by atoms with van der Waals surface area (Å²) in [5, 5.41) is 7.80. The number of ketones is 1. The molecule has 4 N–H and O–H groups in total. The number of carbonyl (C=O) groups excluding carboxylic acids is 6. The number of amides is 3. The van der Waals surface area contributed by atoms with Crippen molar-refractivity contribution in [3.05, 3.63) is 0 Å². The van der Waals surface area contributed by atoms with E-state index in [1.165, 1.54) is 148 Å². The Morgan fingerprint density at radius 3 is 1.36 bits per heavy atom. The van der Waals surface area contributed by atoms with Gasteiger partial charge < -0.3 is 30.3 Å². The lowest BCUT2D eigenvalue weighted by Gasteiger charge is -2.22. The second-order valence-corrected chi connectivity index (χ2v) is 21.9. The molecule has 0 saturated heterocycles. The molecule has 0 aromatic rings. The molecule has 0 aromatic carbocycles. The molecule has 15 nitrogen and oxygen atoms in total. The fourth-order valence-electron chi connectivity index (χ4n) is 8.60. The number of carbonyl (C=O) groups is 6. The van der Waals surface area contributed by atoms with E-state index in [9.17, 15) is 38.2 Å². The highest BCUT2D eigenvalue weighted by Crippen LogP contribution is 2.43. The Morgan fingerprint density at radius 2 is 0.931 bits per heavy atom. The number of hydrogen-bond acceptors (Lipinski definition) is 11. The van der Waals surface area contributed by atoms with Crippen LogP contribution in [-0.4, -0.2) is 85.9 Å². The molecule has 0 aliphatic carbocycles. The number of phosphoric ester groups is 1. The average molecular weight is 1040 g/mol. The molecule has 16 heteroatoms. The first-order chi connectivity index (χ1) is 34.6. The fourth-order valence-corrected chi connectivity index (χ4v) is 9.35. The quantitative estimate of drug-likeness (QED) is 0.0254. The molecule has 72 heavy (non-hydrogen) atoms. The number of unbranched alkanes of at least 4 members (excludes halogenated alkanes) is 28. The Kier molecular flexibility index (Phi) is 45.9. The number of phosphoric acid groups is 1. The molecule has 0 aliphatic heterocycles. The van der Waals surface area contributed by atoms with Crippen molar-refractivity contribution in [2.45, 2.75) is 278 Å². The topological polar surface area (TPSA) is 213 Å². The lowest BCUT2D eigenvalue weighted by Crippen LogP contribution is -2.45. The second kappa shape index (κ2) is 47.8. The van der Waals surface area contributed by atoms with Crippen LogP contribution in [0.1, 0.15) is 266 Å². The summed E-state index contributed by atoms with van der Waals surface area (Å²) < 4.78 is 34.0. The molecule has 3 amide bonds. The van der Waals surface area contributed by atoms with Crippen LogP contribution in [-0.2, 0) is 51.9 Å². The number of nitrogens with one attached hydrogen (secondary N) is 3. The van der Waals surface area contributed by atoms with Crippen molar-refractivity contribution in [3.63, 3.8) is 0 Å². The fraction of sp³-hybridized carbons (Fsp3) is 0.893. The zero-order chi connectivity index (χ0) is 53.5. The van der Waals surface area contributed by atoms with Gasteiger partial charge in [-0.05, 0) is 25.2 Å². The molecule has 0 heterocycles. The maximum absolute atomic E-state index is 12.9. The molecule has 0 fully saturated rings. The van der Waals surface area contributed by atoms with E-state index in [0.717, 1.165) is 38.5 Å². The first-order valence-corrected chi connectivity index (χ1v) is 30.4. The van der Waals surface area contributed by atoms with Crippen LogP contribution in [0.15, 0.2) is 0 Å².